The van der Waals surface area contributed by atoms with E-state index in [4.69, 9.17) is 16.1 Å². The van der Waals surface area contributed by atoms with Gasteiger partial charge in [0.15, 0.2) is 5.76 Å². The molecular formula is C18H20ClIN2O3. The van der Waals surface area contributed by atoms with Gasteiger partial charge < -0.3 is 14.5 Å². The quantitative estimate of drug-likeness (QED) is 0.407. The molecule has 0 saturated carbocycles. The van der Waals surface area contributed by atoms with Crippen molar-refractivity contribution in [2.45, 2.75) is 36.3 Å². The van der Waals surface area contributed by atoms with Gasteiger partial charge in [0.1, 0.15) is 5.56 Å². The second kappa shape index (κ2) is 7.25. The van der Waals surface area contributed by atoms with Crippen LogP contribution in [-0.2, 0) is 0 Å². The van der Waals surface area contributed by atoms with Gasteiger partial charge in [-0.2, -0.15) is 0 Å². The van der Waals surface area contributed by atoms with Crippen molar-refractivity contribution in [3.05, 3.63) is 41.0 Å². The first kappa shape index (κ1) is 18.7. The maximum atomic E-state index is 13.1. The van der Waals surface area contributed by atoms with Crippen molar-refractivity contribution in [1.29, 1.82) is 0 Å². The van der Waals surface area contributed by atoms with E-state index in [0.717, 1.165) is 18.4 Å². The summed E-state index contributed by atoms with van der Waals surface area (Å²) in [6.07, 6.45) is 3.22. The maximum absolute atomic E-state index is 13.1. The van der Waals surface area contributed by atoms with Gasteiger partial charge in [-0.1, -0.05) is 39.3 Å². The molecule has 1 unspecified atom stereocenters. The van der Waals surface area contributed by atoms with Crippen LogP contribution in [0.1, 0.15) is 37.0 Å². The predicted molar refractivity (Wildman–Crippen MR) is 105 cm³/mol. The van der Waals surface area contributed by atoms with Crippen molar-refractivity contribution < 1.29 is 14.4 Å². The van der Waals surface area contributed by atoms with E-state index < -0.39 is 5.60 Å². The summed E-state index contributed by atoms with van der Waals surface area (Å²) in [4.78, 5) is 14.9. The summed E-state index contributed by atoms with van der Waals surface area (Å²) in [7, 11) is 0. The lowest BCUT2D eigenvalue weighted by Crippen LogP contribution is -2.51. The highest BCUT2D eigenvalue weighted by Gasteiger charge is 2.41. The Morgan fingerprint density at radius 3 is 2.72 bits per heavy atom. The molecule has 1 aromatic carbocycles. The molecule has 0 aliphatic carbocycles. The van der Waals surface area contributed by atoms with Crippen LogP contribution in [0.4, 0.5) is 0 Å². The molecular weight excluding hydrogens is 455 g/mol. The molecule has 0 bridgehead atoms. The number of amides is 1. The number of hydrogen-bond donors (Lipinski definition) is 1. The second-order valence-electron chi connectivity index (χ2n) is 6.85. The molecule has 1 aromatic heterocycles. The Bertz CT molecular complexity index is 754. The summed E-state index contributed by atoms with van der Waals surface area (Å²) in [6, 6.07) is 7.11. The largest absolute Gasteiger partial charge is 0.390 e. The van der Waals surface area contributed by atoms with Gasteiger partial charge in [-0.05, 0) is 51.0 Å². The lowest BCUT2D eigenvalue weighted by Gasteiger charge is -2.43. The highest BCUT2D eigenvalue weighted by molar-refractivity contribution is 14.1. The molecule has 7 heteroatoms. The van der Waals surface area contributed by atoms with Crippen LogP contribution in [0.2, 0.25) is 5.02 Å². The number of likely N-dealkylation sites (tertiary alicyclic amines) is 1. The number of carbonyl (C=O) groups is 1. The van der Waals surface area contributed by atoms with E-state index in [2.05, 4.69) is 27.7 Å². The summed E-state index contributed by atoms with van der Waals surface area (Å²) in [5.41, 5.74) is 0.352. The Morgan fingerprint density at radius 2 is 2.08 bits per heavy atom. The fourth-order valence-corrected chi connectivity index (χ4v) is 5.12. The molecule has 2 aromatic rings. The lowest BCUT2D eigenvalue weighted by molar-refractivity contribution is -0.0191. The molecule has 1 N–H and O–H groups in total. The van der Waals surface area contributed by atoms with Crippen LogP contribution in [0, 0.1) is 5.92 Å². The van der Waals surface area contributed by atoms with Crippen molar-refractivity contribution in [3.63, 3.8) is 0 Å². The van der Waals surface area contributed by atoms with Crippen molar-refractivity contribution >= 4 is 40.1 Å². The summed E-state index contributed by atoms with van der Waals surface area (Å²) in [5.74, 6) is 0.333. The average molecular weight is 475 g/mol. The zero-order valence-corrected chi connectivity index (χ0v) is 17.0. The third-order valence-electron chi connectivity index (χ3n) is 4.62. The Labute approximate surface area is 165 Å². The van der Waals surface area contributed by atoms with E-state index in [1.54, 1.807) is 43.0 Å². The van der Waals surface area contributed by atoms with Gasteiger partial charge in [-0.15, -0.1) is 0 Å². The monoisotopic (exact) mass is 474 g/mol. The zero-order valence-electron chi connectivity index (χ0n) is 14.1. The van der Waals surface area contributed by atoms with E-state index >= 15 is 0 Å². The van der Waals surface area contributed by atoms with Crippen LogP contribution < -0.4 is 0 Å². The molecule has 1 aliphatic heterocycles. The van der Waals surface area contributed by atoms with Crippen LogP contribution in [0.5, 0.6) is 0 Å². The lowest BCUT2D eigenvalue weighted by atomic mass is 9.84. The first-order valence-electron chi connectivity index (χ1n) is 8.17. The van der Waals surface area contributed by atoms with E-state index in [1.165, 1.54) is 6.20 Å². The number of halogens is 2. The van der Waals surface area contributed by atoms with Gasteiger partial charge in [0.25, 0.3) is 5.91 Å². The van der Waals surface area contributed by atoms with Crippen LogP contribution in [0.3, 0.4) is 0 Å². The van der Waals surface area contributed by atoms with E-state index in [0.29, 0.717) is 22.9 Å². The third kappa shape index (κ3) is 3.85. The van der Waals surface area contributed by atoms with E-state index in [-0.39, 0.29) is 15.9 Å². The van der Waals surface area contributed by atoms with Gasteiger partial charge in [0.2, 0.25) is 0 Å². The first-order valence-corrected chi connectivity index (χ1v) is 9.79. The molecule has 1 fully saturated rings. The number of piperidine rings is 1. The van der Waals surface area contributed by atoms with E-state index in [9.17, 15) is 9.90 Å². The Kier molecular flexibility index (Phi) is 5.41. The molecule has 25 heavy (non-hydrogen) atoms. The number of alkyl halides is 1. The minimum Gasteiger partial charge on any atom is -0.390 e. The Balaban J connectivity index is 1.89. The third-order valence-corrected chi connectivity index (χ3v) is 6.41. The predicted octanol–water partition coefficient (Wildman–Crippen LogP) is 4.38. The molecule has 0 radical (unpaired) electrons. The fourth-order valence-electron chi connectivity index (χ4n) is 3.22. The van der Waals surface area contributed by atoms with Gasteiger partial charge in [-0.3, -0.25) is 4.79 Å². The van der Waals surface area contributed by atoms with Crippen LogP contribution in [0.15, 0.2) is 35.0 Å². The van der Waals surface area contributed by atoms with Gasteiger partial charge in [0.05, 0.1) is 15.8 Å². The smallest absolute Gasteiger partial charge is 0.260 e. The number of carbonyl (C=O) groups excluding carboxylic acids is 1. The molecule has 3 rings (SSSR count). The summed E-state index contributed by atoms with van der Waals surface area (Å²) in [5, 5.41) is 14.9. The van der Waals surface area contributed by atoms with Crippen LogP contribution >= 0.6 is 34.2 Å². The number of nitrogens with zero attached hydrogens (tertiary/aromatic N) is 2. The Morgan fingerprint density at radius 1 is 1.40 bits per heavy atom. The van der Waals surface area contributed by atoms with E-state index in [1.807, 2.05) is 0 Å². The molecule has 0 spiro atoms. The van der Waals surface area contributed by atoms with Crippen molar-refractivity contribution in [2.75, 3.05) is 6.54 Å². The van der Waals surface area contributed by atoms with Gasteiger partial charge in [0, 0.05) is 23.0 Å². The second-order valence-corrected chi connectivity index (χ2v) is 8.56. The number of aliphatic hydroxyl groups is 1. The minimum absolute atomic E-state index is 0.0182. The van der Waals surface area contributed by atoms with Gasteiger partial charge in [-0.25, -0.2) is 0 Å². The van der Waals surface area contributed by atoms with Gasteiger partial charge >= 0.3 is 0 Å². The van der Waals surface area contributed by atoms with Crippen molar-refractivity contribution in [3.8, 4) is 11.3 Å². The standard InChI is InChI=1S/C18H20ClIN2O3/c1-18(2,24)14-4-3-9-22(16(14)20)17(23)13-10-21-25-15(13)11-5-7-12(19)8-6-11/h5-8,10,14,16,24H,3-4,9H2,1-2H3/t14-,16?/m0/s1. The molecule has 1 amide bonds. The summed E-state index contributed by atoms with van der Waals surface area (Å²) >= 11 is 8.18. The number of hydrogen-bond acceptors (Lipinski definition) is 4. The molecule has 2 atom stereocenters. The SMILES string of the molecule is CC(C)(O)[C@H]1CCCN(C(=O)c2cnoc2-c2ccc(Cl)cc2)C1I. The zero-order chi connectivity index (χ0) is 18.2. The minimum atomic E-state index is -0.835. The molecule has 2 heterocycles. The average Bonchev–Trinajstić information content (AvgIpc) is 3.03. The summed E-state index contributed by atoms with van der Waals surface area (Å²) in [6.45, 7) is 4.26. The van der Waals surface area contributed by atoms with Crippen LogP contribution in [0.25, 0.3) is 11.3 Å². The normalized spacial score (nSPS) is 21.4. The molecule has 1 saturated heterocycles. The molecule has 5 nitrogen and oxygen atoms in total. The number of benzene rings is 1. The molecule has 134 valence electrons. The van der Waals surface area contributed by atoms with Crippen LogP contribution in [-0.4, -0.2) is 37.3 Å². The summed E-state index contributed by atoms with van der Waals surface area (Å²) < 4.78 is 5.25. The fraction of sp³-hybridized carbons (Fsp3) is 0.444. The van der Waals surface area contributed by atoms with Crippen molar-refractivity contribution in [2.24, 2.45) is 5.92 Å². The Hall–Kier alpha value is -1.12. The van der Waals surface area contributed by atoms with Crippen molar-refractivity contribution in [1.82, 2.24) is 10.1 Å². The number of rotatable bonds is 3. The highest BCUT2D eigenvalue weighted by atomic mass is 127. The maximum Gasteiger partial charge on any atom is 0.260 e. The highest BCUT2D eigenvalue weighted by Crippen LogP contribution is 2.37. The first-order chi connectivity index (χ1) is 11.8. The topological polar surface area (TPSA) is 66.6 Å². The molecule has 1 aliphatic rings. The number of aromatic nitrogens is 1.